The van der Waals surface area contributed by atoms with Crippen LogP contribution >= 0.6 is 0 Å². The van der Waals surface area contributed by atoms with E-state index in [1.54, 1.807) is 4.90 Å². The van der Waals surface area contributed by atoms with Crippen LogP contribution in [-0.2, 0) is 16.1 Å². The molecule has 2 amide bonds. The van der Waals surface area contributed by atoms with Crippen molar-refractivity contribution in [1.82, 2.24) is 5.32 Å². The van der Waals surface area contributed by atoms with E-state index in [1.165, 1.54) is 5.56 Å². The summed E-state index contributed by atoms with van der Waals surface area (Å²) in [6.45, 7) is 5.65. The SMILES string of the molecule is CCCOc1ccc(N2C[C@@H](C(=O)NCc3ccc(C)cc3)CC2=O)cc1. The molecule has 0 bridgehead atoms. The molecule has 3 rings (SSSR count). The molecule has 1 heterocycles. The number of rotatable bonds is 7. The van der Waals surface area contributed by atoms with Gasteiger partial charge >= 0.3 is 0 Å². The van der Waals surface area contributed by atoms with Gasteiger partial charge in [-0.1, -0.05) is 36.8 Å². The van der Waals surface area contributed by atoms with E-state index in [-0.39, 0.29) is 24.2 Å². The smallest absolute Gasteiger partial charge is 0.227 e. The van der Waals surface area contributed by atoms with E-state index in [0.29, 0.717) is 19.7 Å². The Morgan fingerprint density at radius 3 is 2.52 bits per heavy atom. The highest BCUT2D eigenvalue weighted by molar-refractivity contribution is 6.00. The van der Waals surface area contributed by atoms with E-state index < -0.39 is 0 Å². The minimum Gasteiger partial charge on any atom is -0.494 e. The predicted molar refractivity (Wildman–Crippen MR) is 106 cm³/mol. The Kier molecular flexibility index (Phi) is 6.12. The lowest BCUT2D eigenvalue weighted by atomic mass is 10.1. The van der Waals surface area contributed by atoms with Crippen molar-refractivity contribution in [2.75, 3.05) is 18.1 Å². The molecule has 0 aliphatic carbocycles. The third kappa shape index (κ3) is 4.88. The molecule has 0 spiro atoms. The molecular formula is C22H26N2O3. The summed E-state index contributed by atoms with van der Waals surface area (Å²) >= 11 is 0. The van der Waals surface area contributed by atoms with Crippen molar-refractivity contribution in [3.8, 4) is 5.75 Å². The van der Waals surface area contributed by atoms with Crippen LogP contribution in [0.1, 0.15) is 30.9 Å². The van der Waals surface area contributed by atoms with Crippen LogP contribution in [0, 0.1) is 12.8 Å². The summed E-state index contributed by atoms with van der Waals surface area (Å²) in [6, 6.07) is 15.5. The van der Waals surface area contributed by atoms with Gasteiger partial charge in [0, 0.05) is 25.2 Å². The molecule has 1 saturated heterocycles. The van der Waals surface area contributed by atoms with Gasteiger partial charge in [-0.05, 0) is 43.2 Å². The molecule has 5 heteroatoms. The number of carbonyl (C=O) groups excluding carboxylic acids is 2. The monoisotopic (exact) mass is 366 g/mol. The van der Waals surface area contributed by atoms with Crippen LogP contribution < -0.4 is 15.0 Å². The molecule has 0 unspecified atom stereocenters. The number of carbonyl (C=O) groups is 2. The summed E-state index contributed by atoms with van der Waals surface area (Å²) in [5.41, 5.74) is 3.05. The molecule has 1 atom stereocenters. The molecule has 2 aromatic rings. The molecule has 0 aromatic heterocycles. The largest absolute Gasteiger partial charge is 0.494 e. The summed E-state index contributed by atoms with van der Waals surface area (Å²) in [4.78, 5) is 26.5. The fraction of sp³-hybridized carbons (Fsp3) is 0.364. The second-order valence-electron chi connectivity index (χ2n) is 6.95. The van der Waals surface area contributed by atoms with Gasteiger partial charge in [0.05, 0.1) is 12.5 Å². The van der Waals surface area contributed by atoms with Crippen LogP contribution in [0.2, 0.25) is 0 Å². The van der Waals surface area contributed by atoms with E-state index in [2.05, 4.69) is 12.2 Å². The fourth-order valence-electron chi connectivity index (χ4n) is 3.11. The standard InChI is InChI=1S/C22H26N2O3/c1-3-12-27-20-10-8-19(9-11-20)24-15-18(13-21(24)25)22(26)23-14-17-6-4-16(2)5-7-17/h4-11,18H,3,12-15H2,1-2H3,(H,23,26)/t18-/m0/s1. The Hall–Kier alpha value is -2.82. The topological polar surface area (TPSA) is 58.6 Å². The van der Waals surface area contributed by atoms with E-state index in [9.17, 15) is 9.59 Å². The maximum absolute atomic E-state index is 12.5. The molecule has 27 heavy (non-hydrogen) atoms. The first-order valence-electron chi connectivity index (χ1n) is 9.43. The minimum atomic E-state index is -0.320. The highest BCUT2D eigenvalue weighted by Gasteiger charge is 2.34. The zero-order valence-corrected chi connectivity index (χ0v) is 15.9. The molecule has 0 radical (unpaired) electrons. The van der Waals surface area contributed by atoms with Crippen molar-refractivity contribution in [3.63, 3.8) is 0 Å². The van der Waals surface area contributed by atoms with Gasteiger partial charge in [0.1, 0.15) is 5.75 Å². The molecule has 1 fully saturated rings. The Balaban J connectivity index is 1.56. The summed E-state index contributed by atoms with van der Waals surface area (Å²) < 4.78 is 5.57. The normalized spacial score (nSPS) is 16.4. The van der Waals surface area contributed by atoms with Crippen molar-refractivity contribution in [3.05, 3.63) is 59.7 Å². The zero-order valence-electron chi connectivity index (χ0n) is 15.9. The lowest BCUT2D eigenvalue weighted by Crippen LogP contribution is -2.32. The fourth-order valence-corrected chi connectivity index (χ4v) is 3.11. The molecule has 5 nitrogen and oxygen atoms in total. The van der Waals surface area contributed by atoms with Gasteiger partial charge in [0.2, 0.25) is 11.8 Å². The predicted octanol–water partition coefficient (Wildman–Crippen LogP) is 3.45. The number of ether oxygens (including phenoxy) is 1. The number of nitrogens with one attached hydrogen (secondary N) is 1. The van der Waals surface area contributed by atoms with Crippen molar-refractivity contribution >= 4 is 17.5 Å². The van der Waals surface area contributed by atoms with Gasteiger partial charge in [-0.3, -0.25) is 9.59 Å². The number of nitrogens with zero attached hydrogens (tertiary/aromatic N) is 1. The number of amides is 2. The Morgan fingerprint density at radius 2 is 1.85 bits per heavy atom. The number of anilines is 1. The lowest BCUT2D eigenvalue weighted by Gasteiger charge is -2.17. The third-order valence-corrected chi connectivity index (χ3v) is 4.70. The molecule has 1 aliphatic rings. The Labute approximate surface area is 160 Å². The van der Waals surface area contributed by atoms with Crippen LogP contribution in [0.5, 0.6) is 5.75 Å². The summed E-state index contributed by atoms with van der Waals surface area (Å²) in [5, 5.41) is 2.95. The van der Waals surface area contributed by atoms with Crippen LogP contribution in [0.3, 0.4) is 0 Å². The Morgan fingerprint density at radius 1 is 1.15 bits per heavy atom. The molecule has 1 N–H and O–H groups in total. The maximum atomic E-state index is 12.5. The highest BCUT2D eigenvalue weighted by atomic mass is 16.5. The molecular weight excluding hydrogens is 340 g/mol. The van der Waals surface area contributed by atoms with Crippen molar-refractivity contribution in [2.45, 2.75) is 33.2 Å². The van der Waals surface area contributed by atoms with E-state index in [1.807, 2.05) is 55.5 Å². The van der Waals surface area contributed by atoms with E-state index in [4.69, 9.17) is 4.74 Å². The summed E-state index contributed by atoms with van der Waals surface area (Å²) in [7, 11) is 0. The van der Waals surface area contributed by atoms with Crippen molar-refractivity contribution in [1.29, 1.82) is 0 Å². The molecule has 2 aromatic carbocycles. The second-order valence-corrected chi connectivity index (χ2v) is 6.95. The number of aryl methyl sites for hydroxylation is 1. The van der Waals surface area contributed by atoms with Crippen molar-refractivity contribution < 1.29 is 14.3 Å². The first-order chi connectivity index (χ1) is 13.1. The third-order valence-electron chi connectivity index (χ3n) is 4.70. The van der Waals surface area contributed by atoms with Gasteiger partial charge < -0.3 is 15.0 Å². The van der Waals surface area contributed by atoms with Crippen LogP contribution in [-0.4, -0.2) is 25.0 Å². The summed E-state index contributed by atoms with van der Waals surface area (Å²) in [6.07, 6.45) is 1.19. The number of hydrogen-bond acceptors (Lipinski definition) is 3. The lowest BCUT2D eigenvalue weighted by molar-refractivity contribution is -0.126. The maximum Gasteiger partial charge on any atom is 0.227 e. The first-order valence-corrected chi connectivity index (χ1v) is 9.43. The Bertz CT molecular complexity index is 784. The average Bonchev–Trinajstić information content (AvgIpc) is 3.08. The summed E-state index contributed by atoms with van der Waals surface area (Å²) in [5.74, 6) is 0.376. The van der Waals surface area contributed by atoms with Gasteiger partial charge in [0.15, 0.2) is 0 Å². The average molecular weight is 366 g/mol. The first kappa shape index (κ1) is 19.0. The van der Waals surface area contributed by atoms with E-state index in [0.717, 1.165) is 23.4 Å². The van der Waals surface area contributed by atoms with Crippen LogP contribution in [0.25, 0.3) is 0 Å². The molecule has 0 saturated carbocycles. The van der Waals surface area contributed by atoms with E-state index >= 15 is 0 Å². The van der Waals surface area contributed by atoms with Crippen LogP contribution in [0.15, 0.2) is 48.5 Å². The van der Waals surface area contributed by atoms with Gasteiger partial charge in [-0.2, -0.15) is 0 Å². The van der Waals surface area contributed by atoms with Gasteiger partial charge in [0.25, 0.3) is 0 Å². The van der Waals surface area contributed by atoms with Crippen LogP contribution in [0.4, 0.5) is 5.69 Å². The molecule has 142 valence electrons. The van der Waals surface area contributed by atoms with Gasteiger partial charge in [-0.15, -0.1) is 0 Å². The highest BCUT2D eigenvalue weighted by Crippen LogP contribution is 2.27. The second kappa shape index (κ2) is 8.71. The van der Waals surface area contributed by atoms with Crippen molar-refractivity contribution in [2.24, 2.45) is 5.92 Å². The minimum absolute atomic E-state index is 0.0206. The zero-order chi connectivity index (χ0) is 19.2. The van der Waals surface area contributed by atoms with Gasteiger partial charge in [-0.25, -0.2) is 0 Å². The molecule has 1 aliphatic heterocycles. The number of benzene rings is 2. The quantitative estimate of drug-likeness (QED) is 0.816. The number of hydrogen-bond donors (Lipinski definition) is 1.